The lowest BCUT2D eigenvalue weighted by molar-refractivity contribution is -0.121. The maximum absolute atomic E-state index is 12.0. The van der Waals surface area contributed by atoms with Gasteiger partial charge in [0.15, 0.2) is 0 Å². The van der Waals surface area contributed by atoms with Gasteiger partial charge in [-0.25, -0.2) is 0 Å². The molecule has 0 bridgehead atoms. The van der Waals surface area contributed by atoms with Crippen molar-refractivity contribution in [3.8, 4) is 0 Å². The highest BCUT2D eigenvalue weighted by Crippen LogP contribution is 2.10. The minimum absolute atomic E-state index is 0.0587. The van der Waals surface area contributed by atoms with E-state index in [0.717, 1.165) is 6.42 Å². The Balaban J connectivity index is 1.83. The number of nitrogens with one attached hydrogen (secondary N) is 3. The number of carbonyl (C=O) groups is 2. The number of hydrogen-bond acceptors (Lipinski definition) is 4. The van der Waals surface area contributed by atoms with Crippen molar-refractivity contribution in [1.29, 1.82) is 0 Å². The molecule has 7 heteroatoms. The van der Waals surface area contributed by atoms with Gasteiger partial charge in [-0.05, 0) is 31.5 Å². The Morgan fingerprint density at radius 1 is 1.29 bits per heavy atom. The van der Waals surface area contributed by atoms with Crippen LogP contribution in [0.3, 0.4) is 0 Å². The van der Waals surface area contributed by atoms with Gasteiger partial charge in [0, 0.05) is 24.6 Å². The molecule has 21 heavy (non-hydrogen) atoms. The minimum atomic E-state index is -0.226. The van der Waals surface area contributed by atoms with Crippen LogP contribution in [0.5, 0.6) is 0 Å². The van der Waals surface area contributed by atoms with Crippen LogP contribution < -0.4 is 10.6 Å². The first-order valence-electron chi connectivity index (χ1n) is 6.98. The molecule has 0 aliphatic rings. The molecule has 7 nitrogen and oxygen atoms in total. The number of fused-ring (bicyclic) bond motifs is 1. The van der Waals surface area contributed by atoms with Crippen LogP contribution in [0.15, 0.2) is 18.2 Å². The fraction of sp³-hybridized carbons (Fsp3) is 0.429. The van der Waals surface area contributed by atoms with Gasteiger partial charge in [0.25, 0.3) is 5.91 Å². The minimum Gasteiger partial charge on any atom is -0.354 e. The first kappa shape index (κ1) is 15.0. The molecule has 3 N–H and O–H groups in total. The quantitative estimate of drug-likeness (QED) is 0.738. The Labute approximate surface area is 122 Å². The smallest absolute Gasteiger partial charge is 0.251 e. The molecule has 1 aromatic carbocycles. The zero-order valence-electron chi connectivity index (χ0n) is 12.1. The number of benzene rings is 1. The fourth-order valence-electron chi connectivity index (χ4n) is 1.82. The van der Waals surface area contributed by atoms with Gasteiger partial charge in [-0.3, -0.25) is 9.59 Å². The van der Waals surface area contributed by atoms with Crippen molar-refractivity contribution in [3.05, 3.63) is 23.8 Å². The SMILES string of the molecule is CCC(C)NC(=O)CCNC(=O)c1ccc2n[nH]nc2c1. The summed E-state index contributed by atoms with van der Waals surface area (Å²) >= 11 is 0. The standard InChI is InChI=1S/C14H19N5O2/c1-3-9(2)16-13(20)6-7-15-14(21)10-4-5-11-12(8-10)18-19-17-11/h4-5,8-9H,3,6-7H2,1-2H3,(H,15,21)(H,16,20)(H,17,18,19). The Morgan fingerprint density at radius 2 is 2.05 bits per heavy atom. The number of amides is 2. The summed E-state index contributed by atoms with van der Waals surface area (Å²) in [6, 6.07) is 5.22. The molecule has 1 heterocycles. The molecule has 0 spiro atoms. The van der Waals surface area contributed by atoms with Crippen LogP contribution in [0.4, 0.5) is 0 Å². The summed E-state index contributed by atoms with van der Waals surface area (Å²) < 4.78 is 0. The maximum atomic E-state index is 12.0. The van der Waals surface area contributed by atoms with E-state index in [1.54, 1.807) is 18.2 Å². The normalized spacial score (nSPS) is 12.1. The van der Waals surface area contributed by atoms with Crippen molar-refractivity contribution in [2.45, 2.75) is 32.7 Å². The summed E-state index contributed by atoms with van der Waals surface area (Å²) in [5.41, 5.74) is 1.84. The van der Waals surface area contributed by atoms with Gasteiger partial charge in [0.05, 0.1) is 0 Å². The highest BCUT2D eigenvalue weighted by Gasteiger charge is 2.09. The lowest BCUT2D eigenvalue weighted by Gasteiger charge is -2.11. The van der Waals surface area contributed by atoms with E-state index in [2.05, 4.69) is 26.0 Å². The number of rotatable bonds is 6. The zero-order valence-corrected chi connectivity index (χ0v) is 12.1. The van der Waals surface area contributed by atoms with Crippen LogP contribution in [0.25, 0.3) is 11.0 Å². The second-order valence-electron chi connectivity index (χ2n) is 4.91. The lowest BCUT2D eigenvalue weighted by Crippen LogP contribution is -2.35. The highest BCUT2D eigenvalue weighted by atomic mass is 16.2. The predicted molar refractivity (Wildman–Crippen MR) is 78.7 cm³/mol. The highest BCUT2D eigenvalue weighted by molar-refractivity contribution is 5.97. The number of nitrogens with zero attached hydrogens (tertiary/aromatic N) is 2. The van der Waals surface area contributed by atoms with E-state index in [0.29, 0.717) is 23.1 Å². The van der Waals surface area contributed by atoms with E-state index in [4.69, 9.17) is 0 Å². The second kappa shape index (κ2) is 6.83. The third-order valence-electron chi connectivity index (χ3n) is 3.24. The summed E-state index contributed by atoms with van der Waals surface area (Å²) in [5.74, 6) is -0.284. The van der Waals surface area contributed by atoms with Gasteiger partial charge in [-0.2, -0.15) is 15.4 Å². The number of H-pyrrole nitrogens is 1. The van der Waals surface area contributed by atoms with Crippen LogP contribution >= 0.6 is 0 Å². The van der Waals surface area contributed by atoms with Crippen molar-refractivity contribution in [1.82, 2.24) is 26.0 Å². The molecule has 2 rings (SSSR count). The molecular formula is C14H19N5O2. The molecule has 2 aromatic rings. The first-order valence-corrected chi connectivity index (χ1v) is 6.98. The molecule has 0 saturated carbocycles. The van der Waals surface area contributed by atoms with E-state index >= 15 is 0 Å². The summed E-state index contributed by atoms with van der Waals surface area (Å²) in [6.45, 7) is 4.26. The molecule has 2 amide bonds. The molecule has 0 fully saturated rings. The maximum Gasteiger partial charge on any atom is 0.251 e. The molecule has 1 aromatic heterocycles. The lowest BCUT2D eigenvalue weighted by atomic mass is 10.2. The van der Waals surface area contributed by atoms with Crippen molar-refractivity contribution in [2.24, 2.45) is 0 Å². The van der Waals surface area contributed by atoms with Gasteiger partial charge >= 0.3 is 0 Å². The monoisotopic (exact) mass is 289 g/mol. The number of aromatic nitrogens is 3. The fourth-order valence-corrected chi connectivity index (χ4v) is 1.82. The molecule has 0 saturated heterocycles. The van der Waals surface area contributed by atoms with E-state index in [1.165, 1.54) is 0 Å². The third-order valence-corrected chi connectivity index (χ3v) is 3.24. The Kier molecular flexibility index (Phi) is 4.86. The van der Waals surface area contributed by atoms with Crippen LogP contribution in [0.2, 0.25) is 0 Å². The summed E-state index contributed by atoms with van der Waals surface area (Å²) in [6.07, 6.45) is 1.15. The molecule has 112 valence electrons. The largest absolute Gasteiger partial charge is 0.354 e. The number of aromatic amines is 1. The average Bonchev–Trinajstić information content (AvgIpc) is 2.94. The van der Waals surface area contributed by atoms with E-state index in [9.17, 15) is 9.59 Å². The van der Waals surface area contributed by atoms with Gasteiger partial charge in [0.2, 0.25) is 5.91 Å². The van der Waals surface area contributed by atoms with Crippen LogP contribution in [-0.2, 0) is 4.79 Å². The summed E-state index contributed by atoms with van der Waals surface area (Å²) in [5, 5.41) is 15.9. The van der Waals surface area contributed by atoms with Crippen molar-refractivity contribution in [3.63, 3.8) is 0 Å². The Hall–Kier alpha value is -2.44. The Bertz CT molecular complexity index is 637. The van der Waals surface area contributed by atoms with Gasteiger partial charge < -0.3 is 10.6 Å². The topological polar surface area (TPSA) is 99.8 Å². The molecule has 0 radical (unpaired) electrons. The second-order valence-corrected chi connectivity index (χ2v) is 4.91. The van der Waals surface area contributed by atoms with E-state index in [-0.39, 0.29) is 24.3 Å². The van der Waals surface area contributed by atoms with Crippen molar-refractivity contribution in [2.75, 3.05) is 6.54 Å². The average molecular weight is 289 g/mol. The third kappa shape index (κ3) is 4.01. The molecule has 0 aliphatic heterocycles. The Morgan fingerprint density at radius 3 is 2.81 bits per heavy atom. The zero-order chi connectivity index (χ0) is 15.2. The summed E-state index contributed by atoms with van der Waals surface area (Å²) in [4.78, 5) is 23.6. The molecular weight excluding hydrogens is 270 g/mol. The number of hydrogen-bond donors (Lipinski definition) is 3. The molecule has 0 aliphatic carbocycles. The van der Waals surface area contributed by atoms with Crippen LogP contribution in [0, 0.1) is 0 Å². The van der Waals surface area contributed by atoms with Crippen LogP contribution in [0.1, 0.15) is 37.0 Å². The van der Waals surface area contributed by atoms with E-state index in [1.807, 2.05) is 13.8 Å². The molecule has 1 unspecified atom stereocenters. The summed E-state index contributed by atoms with van der Waals surface area (Å²) in [7, 11) is 0. The number of carbonyl (C=O) groups excluding carboxylic acids is 2. The van der Waals surface area contributed by atoms with Crippen molar-refractivity contribution >= 4 is 22.8 Å². The first-order chi connectivity index (χ1) is 10.1. The predicted octanol–water partition coefficient (Wildman–Crippen LogP) is 0.992. The van der Waals surface area contributed by atoms with Crippen LogP contribution in [-0.4, -0.2) is 39.8 Å². The van der Waals surface area contributed by atoms with E-state index < -0.39 is 0 Å². The van der Waals surface area contributed by atoms with Crippen molar-refractivity contribution < 1.29 is 9.59 Å². The van der Waals surface area contributed by atoms with Gasteiger partial charge in [-0.15, -0.1) is 0 Å². The molecule has 1 atom stereocenters. The van der Waals surface area contributed by atoms with Gasteiger partial charge in [-0.1, -0.05) is 6.92 Å². The van der Waals surface area contributed by atoms with Gasteiger partial charge in [0.1, 0.15) is 11.0 Å².